The molecular weight excluding hydrogens is 128 g/mol. The van der Waals surface area contributed by atoms with E-state index in [0.717, 1.165) is 0 Å². The second-order valence-corrected chi connectivity index (χ2v) is 2.48. The van der Waals surface area contributed by atoms with Crippen LogP contribution in [0.25, 0.3) is 0 Å². The predicted octanol–water partition coefficient (Wildman–Crippen LogP) is 0.987. The smallest absolute Gasteiger partial charge is 0.173 e. The van der Waals surface area contributed by atoms with Gasteiger partial charge in [0.1, 0.15) is 0 Å². The van der Waals surface area contributed by atoms with E-state index in [0.29, 0.717) is 13.2 Å². The van der Waals surface area contributed by atoms with Gasteiger partial charge >= 0.3 is 0 Å². The zero-order chi connectivity index (χ0) is 5.98. The summed E-state index contributed by atoms with van der Waals surface area (Å²) in [5.74, 6) is 0. The lowest BCUT2D eigenvalue weighted by Crippen LogP contribution is -2.17. The molecule has 48 valence electrons. The molecule has 0 bridgehead atoms. The van der Waals surface area contributed by atoms with Gasteiger partial charge in [0.05, 0.1) is 18.6 Å². The van der Waals surface area contributed by atoms with Crippen molar-refractivity contribution in [1.29, 1.82) is 0 Å². The number of rotatable bonds is 1. The summed E-state index contributed by atoms with van der Waals surface area (Å²) in [4.78, 5) is 0. The van der Waals surface area contributed by atoms with E-state index in [4.69, 9.17) is 21.1 Å². The summed E-state index contributed by atoms with van der Waals surface area (Å²) in [6.07, 6.45) is -0.170. The highest BCUT2D eigenvalue weighted by atomic mass is 35.5. The van der Waals surface area contributed by atoms with Crippen molar-refractivity contribution in [3.8, 4) is 0 Å². The normalized spacial score (nSPS) is 26.2. The van der Waals surface area contributed by atoms with Crippen molar-refractivity contribution in [2.24, 2.45) is 0 Å². The molecule has 0 aliphatic carbocycles. The van der Waals surface area contributed by atoms with E-state index in [1.165, 1.54) is 0 Å². The third-order valence-corrected chi connectivity index (χ3v) is 1.23. The van der Waals surface area contributed by atoms with Crippen LogP contribution in [0.1, 0.15) is 6.92 Å². The summed E-state index contributed by atoms with van der Waals surface area (Å²) in [6.45, 7) is 3.22. The minimum Gasteiger partial charge on any atom is -0.349 e. The quantitative estimate of drug-likeness (QED) is 0.501. The molecule has 1 heterocycles. The van der Waals surface area contributed by atoms with E-state index in [1.54, 1.807) is 0 Å². The minimum absolute atomic E-state index is 0.0301. The van der Waals surface area contributed by atoms with E-state index in [2.05, 4.69) is 0 Å². The number of alkyl halides is 1. The highest BCUT2D eigenvalue weighted by Crippen LogP contribution is 2.12. The zero-order valence-corrected chi connectivity index (χ0v) is 5.52. The lowest BCUT2D eigenvalue weighted by atomic mass is 10.5. The van der Waals surface area contributed by atoms with Gasteiger partial charge in [0.15, 0.2) is 6.29 Å². The molecule has 0 spiro atoms. The van der Waals surface area contributed by atoms with Gasteiger partial charge in [-0.2, -0.15) is 0 Å². The van der Waals surface area contributed by atoms with Crippen LogP contribution in [0.15, 0.2) is 0 Å². The molecule has 8 heavy (non-hydrogen) atoms. The summed E-state index contributed by atoms with van der Waals surface area (Å²) < 4.78 is 10.1. The Hall–Kier alpha value is 0.210. The minimum atomic E-state index is -0.170. The molecule has 1 aliphatic rings. The molecule has 0 amide bonds. The third-order valence-electron chi connectivity index (χ3n) is 1.02. The van der Waals surface area contributed by atoms with Crippen molar-refractivity contribution in [1.82, 2.24) is 0 Å². The second-order valence-electron chi connectivity index (χ2n) is 1.79. The lowest BCUT2D eigenvalue weighted by molar-refractivity contribution is -0.0400. The summed E-state index contributed by atoms with van der Waals surface area (Å²) in [5.41, 5.74) is 0. The van der Waals surface area contributed by atoms with Gasteiger partial charge < -0.3 is 9.47 Å². The zero-order valence-electron chi connectivity index (χ0n) is 4.76. The predicted molar refractivity (Wildman–Crippen MR) is 31.0 cm³/mol. The molecule has 0 aromatic rings. The molecule has 0 saturated carbocycles. The Balaban J connectivity index is 2.24. The van der Waals surface area contributed by atoms with Crippen LogP contribution in [0.2, 0.25) is 0 Å². The lowest BCUT2D eigenvalue weighted by Gasteiger charge is -2.09. The maximum Gasteiger partial charge on any atom is 0.173 e. The van der Waals surface area contributed by atoms with E-state index in [-0.39, 0.29) is 11.7 Å². The molecule has 3 heteroatoms. The average Bonchev–Trinajstić information content (AvgIpc) is 2.12. The summed E-state index contributed by atoms with van der Waals surface area (Å²) in [7, 11) is 0. The van der Waals surface area contributed by atoms with Crippen molar-refractivity contribution < 1.29 is 9.47 Å². The van der Waals surface area contributed by atoms with Gasteiger partial charge in [-0.05, 0) is 6.92 Å². The first-order valence-corrected chi connectivity index (χ1v) is 3.11. The van der Waals surface area contributed by atoms with Crippen molar-refractivity contribution in [3.05, 3.63) is 0 Å². The molecule has 0 aromatic carbocycles. The van der Waals surface area contributed by atoms with Crippen LogP contribution in [0.4, 0.5) is 0 Å². The van der Waals surface area contributed by atoms with Gasteiger partial charge in [0.2, 0.25) is 0 Å². The third kappa shape index (κ3) is 1.34. The van der Waals surface area contributed by atoms with E-state index in [1.807, 2.05) is 6.92 Å². The fraction of sp³-hybridized carbons (Fsp3) is 1.00. The molecule has 0 radical (unpaired) electrons. The van der Waals surface area contributed by atoms with Gasteiger partial charge in [-0.1, -0.05) is 0 Å². The SMILES string of the molecule is CC(Cl)C1OCCO1. The number of halogens is 1. The molecular formula is C5H9ClO2. The van der Waals surface area contributed by atoms with Crippen LogP contribution in [0, 0.1) is 0 Å². The van der Waals surface area contributed by atoms with Crippen LogP contribution >= 0.6 is 11.6 Å². The summed E-state index contributed by atoms with van der Waals surface area (Å²) >= 11 is 5.63. The molecule has 1 aliphatic heterocycles. The maximum atomic E-state index is 5.63. The first kappa shape index (κ1) is 6.33. The van der Waals surface area contributed by atoms with Gasteiger partial charge in [0.25, 0.3) is 0 Å². The molecule has 1 saturated heterocycles. The van der Waals surface area contributed by atoms with Crippen LogP contribution in [0.3, 0.4) is 0 Å². The first-order chi connectivity index (χ1) is 3.80. The fourth-order valence-corrected chi connectivity index (χ4v) is 0.787. The Morgan fingerprint density at radius 3 is 2.25 bits per heavy atom. The van der Waals surface area contributed by atoms with Crippen LogP contribution in [-0.4, -0.2) is 24.9 Å². The van der Waals surface area contributed by atoms with E-state index >= 15 is 0 Å². The Bertz CT molecular complexity index is 68.8. The second kappa shape index (κ2) is 2.67. The Morgan fingerprint density at radius 1 is 1.50 bits per heavy atom. The van der Waals surface area contributed by atoms with Gasteiger partial charge in [-0.15, -0.1) is 11.6 Å². The molecule has 1 unspecified atom stereocenters. The molecule has 2 nitrogen and oxygen atoms in total. The fourth-order valence-electron chi connectivity index (χ4n) is 0.642. The van der Waals surface area contributed by atoms with Crippen LogP contribution in [0.5, 0.6) is 0 Å². The van der Waals surface area contributed by atoms with Crippen LogP contribution in [-0.2, 0) is 9.47 Å². The highest BCUT2D eigenvalue weighted by Gasteiger charge is 2.20. The van der Waals surface area contributed by atoms with Crippen LogP contribution < -0.4 is 0 Å². The topological polar surface area (TPSA) is 18.5 Å². The largest absolute Gasteiger partial charge is 0.349 e. The number of hydrogen-bond donors (Lipinski definition) is 0. The molecule has 1 rings (SSSR count). The first-order valence-electron chi connectivity index (χ1n) is 2.68. The van der Waals surface area contributed by atoms with Gasteiger partial charge in [0, 0.05) is 0 Å². The maximum absolute atomic E-state index is 5.63. The standard InChI is InChI=1S/C5H9ClO2/c1-4(6)5-7-2-3-8-5/h4-5H,2-3H2,1H3. The van der Waals surface area contributed by atoms with E-state index < -0.39 is 0 Å². The van der Waals surface area contributed by atoms with Crippen molar-refractivity contribution in [2.45, 2.75) is 18.6 Å². The Kier molecular flexibility index (Phi) is 2.11. The van der Waals surface area contributed by atoms with Gasteiger partial charge in [-0.3, -0.25) is 0 Å². The monoisotopic (exact) mass is 136 g/mol. The number of hydrogen-bond acceptors (Lipinski definition) is 2. The average molecular weight is 137 g/mol. The summed E-state index contributed by atoms with van der Waals surface area (Å²) in [5, 5.41) is -0.0301. The number of ether oxygens (including phenoxy) is 2. The van der Waals surface area contributed by atoms with Crippen molar-refractivity contribution in [3.63, 3.8) is 0 Å². The van der Waals surface area contributed by atoms with Crippen molar-refractivity contribution in [2.75, 3.05) is 13.2 Å². The molecule has 1 atom stereocenters. The molecule has 0 aromatic heterocycles. The van der Waals surface area contributed by atoms with E-state index in [9.17, 15) is 0 Å². The Labute approximate surface area is 53.7 Å². The summed E-state index contributed by atoms with van der Waals surface area (Å²) in [6, 6.07) is 0. The highest BCUT2D eigenvalue weighted by molar-refractivity contribution is 6.20. The Morgan fingerprint density at radius 2 is 2.00 bits per heavy atom. The molecule has 0 N–H and O–H groups in total. The van der Waals surface area contributed by atoms with Crippen molar-refractivity contribution >= 4 is 11.6 Å². The van der Waals surface area contributed by atoms with Gasteiger partial charge in [-0.25, -0.2) is 0 Å². The molecule has 1 fully saturated rings.